The van der Waals surface area contributed by atoms with Crippen LogP contribution in [0, 0.1) is 0 Å². The first kappa shape index (κ1) is 19.3. The Balaban J connectivity index is 2.07. The van der Waals surface area contributed by atoms with Gasteiger partial charge in [-0.3, -0.25) is 9.59 Å². The van der Waals surface area contributed by atoms with Crippen molar-refractivity contribution in [1.82, 2.24) is 0 Å². The number of carbonyl (C=O) groups excluding carboxylic acids is 2. The Morgan fingerprint density at radius 1 is 1.19 bits per heavy atom. The molecule has 7 heteroatoms. The normalized spacial score (nSPS) is 10.6. The third-order valence-corrected chi connectivity index (χ3v) is 3.73. The molecule has 0 aliphatic heterocycles. The van der Waals surface area contributed by atoms with E-state index in [4.69, 9.17) is 26.8 Å². The van der Waals surface area contributed by atoms with Crippen LogP contribution in [0.2, 0.25) is 5.02 Å². The van der Waals surface area contributed by atoms with Crippen LogP contribution in [-0.4, -0.2) is 25.5 Å². The molecule has 0 aromatic heterocycles. The van der Waals surface area contributed by atoms with E-state index in [1.165, 1.54) is 18.2 Å². The minimum atomic E-state index is -0.628. The third kappa shape index (κ3) is 5.00. The topological polar surface area (TPSA) is 90.6 Å². The zero-order chi connectivity index (χ0) is 19.1. The molecule has 136 valence electrons. The quantitative estimate of drug-likeness (QED) is 0.726. The Morgan fingerprint density at radius 2 is 1.96 bits per heavy atom. The highest BCUT2D eigenvalue weighted by atomic mass is 35.5. The first-order valence-electron chi connectivity index (χ1n) is 7.83. The lowest BCUT2D eigenvalue weighted by molar-refractivity contribution is -0.111. The summed E-state index contributed by atoms with van der Waals surface area (Å²) in [6, 6.07) is 9.84. The summed E-state index contributed by atoms with van der Waals surface area (Å²) < 4.78 is 10.7. The molecule has 0 saturated heterocycles. The van der Waals surface area contributed by atoms with Gasteiger partial charge >= 0.3 is 0 Å². The second-order valence-electron chi connectivity index (χ2n) is 5.22. The van der Waals surface area contributed by atoms with E-state index in [1.807, 2.05) is 13.0 Å². The first-order valence-corrected chi connectivity index (χ1v) is 8.21. The summed E-state index contributed by atoms with van der Waals surface area (Å²) in [7, 11) is 1.55. The van der Waals surface area contributed by atoms with Crippen LogP contribution < -0.4 is 20.5 Å². The Hall–Kier alpha value is -2.99. The predicted molar refractivity (Wildman–Crippen MR) is 102 cm³/mol. The highest BCUT2D eigenvalue weighted by molar-refractivity contribution is 6.34. The number of nitrogens with one attached hydrogen (secondary N) is 1. The zero-order valence-electron chi connectivity index (χ0n) is 14.4. The molecule has 0 unspecified atom stereocenters. The molecule has 6 nitrogen and oxygen atoms in total. The van der Waals surface area contributed by atoms with E-state index < -0.39 is 5.91 Å². The molecule has 0 heterocycles. The molecule has 2 aromatic carbocycles. The maximum absolute atomic E-state index is 12.1. The van der Waals surface area contributed by atoms with Crippen LogP contribution >= 0.6 is 11.6 Å². The molecule has 0 aliphatic carbocycles. The summed E-state index contributed by atoms with van der Waals surface area (Å²) in [5, 5.41) is 2.84. The molecule has 0 spiro atoms. The van der Waals surface area contributed by atoms with Crippen LogP contribution in [0.15, 0.2) is 42.5 Å². The number of benzene rings is 2. The fraction of sp³-hybridized carbons (Fsp3) is 0.158. The lowest BCUT2D eigenvalue weighted by atomic mass is 10.1. The maximum Gasteiger partial charge on any atom is 0.250 e. The van der Waals surface area contributed by atoms with E-state index >= 15 is 0 Å². The molecule has 0 fully saturated rings. The largest absolute Gasteiger partial charge is 0.493 e. The monoisotopic (exact) mass is 374 g/mol. The second-order valence-corrected chi connectivity index (χ2v) is 5.63. The van der Waals surface area contributed by atoms with E-state index in [9.17, 15) is 9.59 Å². The van der Waals surface area contributed by atoms with E-state index in [0.717, 1.165) is 5.56 Å². The number of halogens is 1. The molecular weight excluding hydrogens is 356 g/mol. The van der Waals surface area contributed by atoms with Gasteiger partial charge in [-0.15, -0.1) is 0 Å². The van der Waals surface area contributed by atoms with Crippen molar-refractivity contribution in [3.63, 3.8) is 0 Å². The standard InChI is InChI=1S/C19H19ClN2O4/c1-3-26-16-8-4-12(10-17(16)25-2)5-9-18(23)22-13-6-7-14(19(21)24)15(20)11-13/h4-11H,3H2,1-2H3,(H2,21,24)(H,22,23)/b9-5+. The van der Waals surface area contributed by atoms with Gasteiger partial charge < -0.3 is 20.5 Å². The van der Waals surface area contributed by atoms with E-state index in [1.54, 1.807) is 31.4 Å². The van der Waals surface area contributed by atoms with Gasteiger partial charge in [-0.1, -0.05) is 17.7 Å². The number of primary amides is 1. The van der Waals surface area contributed by atoms with Gasteiger partial charge in [0.2, 0.25) is 11.8 Å². The third-order valence-electron chi connectivity index (χ3n) is 3.42. The Kier molecular flexibility index (Phi) is 6.63. The number of amides is 2. The molecule has 2 amide bonds. The summed E-state index contributed by atoms with van der Waals surface area (Å²) in [6.07, 6.45) is 3.03. The minimum absolute atomic E-state index is 0.176. The number of nitrogens with two attached hydrogens (primary N) is 1. The first-order chi connectivity index (χ1) is 12.4. The summed E-state index contributed by atoms with van der Waals surface area (Å²) in [4.78, 5) is 23.2. The lowest BCUT2D eigenvalue weighted by Crippen LogP contribution is -2.12. The van der Waals surface area contributed by atoms with Gasteiger partial charge in [0.05, 0.1) is 24.3 Å². The van der Waals surface area contributed by atoms with E-state index in [2.05, 4.69) is 5.32 Å². The smallest absolute Gasteiger partial charge is 0.250 e. The van der Waals surface area contributed by atoms with Crippen LogP contribution in [0.3, 0.4) is 0 Å². The van der Waals surface area contributed by atoms with Crippen molar-refractivity contribution in [3.8, 4) is 11.5 Å². The molecule has 0 radical (unpaired) electrons. The van der Waals surface area contributed by atoms with E-state index in [0.29, 0.717) is 23.8 Å². The van der Waals surface area contributed by atoms with Gasteiger partial charge in [0.1, 0.15) is 0 Å². The van der Waals surface area contributed by atoms with Crippen molar-refractivity contribution in [2.45, 2.75) is 6.92 Å². The van der Waals surface area contributed by atoms with Crippen molar-refractivity contribution in [2.75, 3.05) is 19.0 Å². The van der Waals surface area contributed by atoms with Crippen LogP contribution in [0.25, 0.3) is 6.08 Å². The van der Waals surface area contributed by atoms with Crippen molar-refractivity contribution in [1.29, 1.82) is 0 Å². The van der Waals surface area contributed by atoms with Crippen LogP contribution in [0.1, 0.15) is 22.8 Å². The maximum atomic E-state index is 12.1. The number of methoxy groups -OCH3 is 1. The molecule has 0 saturated carbocycles. The van der Waals surface area contributed by atoms with Crippen molar-refractivity contribution < 1.29 is 19.1 Å². The van der Waals surface area contributed by atoms with Crippen molar-refractivity contribution >= 4 is 35.2 Å². The SMILES string of the molecule is CCOc1ccc(/C=C/C(=O)Nc2ccc(C(N)=O)c(Cl)c2)cc1OC. The molecule has 0 bridgehead atoms. The number of carbonyl (C=O) groups is 2. The predicted octanol–water partition coefficient (Wildman–Crippen LogP) is 3.50. The molecule has 2 aromatic rings. The number of hydrogen-bond donors (Lipinski definition) is 2. The molecule has 0 aliphatic rings. The van der Waals surface area contributed by atoms with Gasteiger partial charge in [0, 0.05) is 11.8 Å². The summed E-state index contributed by atoms with van der Waals surface area (Å²) in [6.45, 7) is 2.42. The molecular formula is C19H19ClN2O4. The second kappa shape index (κ2) is 8.92. The average Bonchev–Trinajstić information content (AvgIpc) is 2.60. The van der Waals surface area contributed by atoms with Crippen LogP contribution in [0.5, 0.6) is 11.5 Å². The Bertz CT molecular complexity index is 849. The Morgan fingerprint density at radius 3 is 2.58 bits per heavy atom. The highest BCUT2D eigenvalue weighted by Crippen LogP contribution is 2.28. The summed E-state index contributed by atoms with van der Waals surface area (Å²) >= 11 is 5.96. The fourth-order valence-electron chi connectivity index (χ4n) is 2.21. The van der Waals surface area contributed by atoms with Crippen LogP contribution in [-0.2, 0) is 4.79 Å². The van der Waals surface area contributed by atoms with Gasteiger partial charge in [-0.05, 0) is 48.9 Å². The minimum Gasteiger partial charge on any atom is -0.493 e. The van der Waals surface area contributed by atoms with Crippen molar-refractivity contribution in [3.05, 3.63) is 58.6 Å². The zero-order valence-corrected chi connectivity index (χ0v) is 15.2. The highest BCUT2D eigenvalue weighted by Gasteiger charge is 2.08. The number of hydrogen-bond acceptors (Lipinski definition) is 4. The van der Waals surface area contributed by atoms with Gasteiger partial charge in [0.15, 0.2) is 11.5 Å². The molecule has 2 rings (SSSR count). The lowest BCUT2D eigenvalue weighted by Gasteiger charge is -2.09. The molecule has 26 heavy (non-hydrogen) atoms. The summed E-state index contributed by atoms with van der Waals surface area (Å²) in [5.41, 5.74) is 6.62. The van der Waals surface area contributed by atoms with Crippen LogP contribution in [0.4, 0.5) is 5.69 Å². The fourth-order valence-corrected chi connectivity index (χ4v) is 2.48. The van der Waals surface area contributed by atoms with E-state index in [-0.39, 0.29) is 16.5 Å². The number of rotatable bonds is 7. The Labute approximate surface area is 156 Å². The average molecular weight is 375 g/mol. The number of anilines is 1. The molecule has 0 atom stereocenters. The van der Waals surface area contributed by atoms with Gasteiger partial charge in [-0.2, -0.15) is 0 Å². The van der Waals surface area contributed by atoms with Gasteiger partial charge in [0.25, 0.3) is 0 Å². The van der Waals surface area contributed by atoms with Crippen molar-refractivity contribution in [2.24, 2.45) is 5.73 Å². The molecule has 3 N–H and O–H groups in total. The van der Waals surface area contributed by atoms with Gasteiger partial charge in [-0.25, -0.2) is 0 Å². The number of ether oxygens (including phenoxy) is 2. The summed E-state index contributed by atoms with van der Waals surface area (Å²) in [5.74, 6) is 0.252.